The van der Waals surface area contributed by atoms with E-state index in [1.165, 1.54) is 4.90 Å². The van der Waals surface area contributed by atoms with Gasteiger partial charge in [0.15, 0.2) is 0 Å². The number of β-amino-alcohol motifs (C(OH)–C–C–N with tert-alkyl or cyclic N) is 1. The topological polar surface area (TPSA) is 91.3 Å². The Morgan fingerprint density at radius 2 is 1.79 bits per heavy atom. The lowest BCUT2D eigenvalue weighted by Crippen LogP contribution is -2.51. The third kappa shape index (κ3) is 4.08. The number of imide groups is 1. The molecule has 2 heterocycles. The minimum atomic E-state index is -0.805. The quantitative estimate of drug-likeness (QED) is 0.634. The van der Waals surface area contributed by atoms with Crippen LogP contribution in [0.5, 0.6) is 11.5 Å². The Kier molecular flexibility index (Phi) is 6.35. The molecule has 1 aromatic carbocycles. The molecular weight excluding hydrogens is 422 g/mol. The van der Waals surface area contributed by atoms with E-state index in [-0.39, 0.29) is 24.0 Å². The number of hydrogen-bond acceptors (Lipinski definition) is 6. The van der Waals surface area contributed by atoms with Gasteiger partial charge in [-0.3, -0.25) is 9.69 Å². The summed E-state index contributed by atoms with van der Waals surface area (Å²) < 4.78 is 10.9. The van der Waals surface area contributed by atoms with Gasteiger partial charge in [-0.25, -0.2) is 9.69 Å². The first kappa shape index (κ1) is 23.8. The zero-order valence-corrected chi connectivity index (χ0v) is 20.4. The highest BCUT2D eigenvalue weighted by Crippen LogP contribution is 2.45. The lowest BCUT2D eigenvalue weighted by molar-refractivity contribution is -0.135. The molecule has 2 N–H and O–H groups in total. The second kappa shape index (κ2) is 8.80. The summed E-state index contributed by atoms with van der Waals surface area (Å²) in [4.78, 5) is 29.6. The van der Waals surface area contributed by atoms with Gasteiger partial charge < -0.3 is 19.9 Å². The summed E-state index contributed by atoms with van der Waals surface area (Å²) in [6, 6.07) is 3.26. The fourth-order valence-electron chi connectivity index (χ4n) is 5.78. The normalized spacial score (nSPS) is 28.1. The van der Waals surface area contributed by atoms with E-state index in [0.717, 1.165) is 24.8 Å². The fraction of sp³-hybridized carbons (Fsp3) is 0.680. The summed E-state index contributed by atoms with van der Waals surface area (Å²) in [7, 11) is 3.16. The van der Waals surface area contributed by atoms with E-state index in [9.17, 15) is 14.7 Å². The van der Waals surface area contributed by atoms with E-state index in [4.69, 9.17) is 9.47 Å². The summed E-state index contributed by atoms with van der Waals surface area (Å²) in [5, 5.41) is 13.9. The molecule has 3 amide bonds. The number of methoxy groups -OCH3 is 2. The number of carbonyl (C=O) groups is 2. The Balaban J connectivity index is 1.49. The first-order valence-electron chi connectivity index (χ1n) is 11.9. The van der Waals surface area contributed by atoms with Crippen LogP contribution in [0.15, 0.2) is 12.1 Å². The van der Waals surface area contributed by atoms with Crippen LogP contribution in [0.2, 0.25) is 0 Å². The highest BCUT2D eigenvalue weighted by atomic mass is 16.5. The lowest BCUT2D eigenvalue weighted by Gasteiger charge is -2.42. The number of nitrogens with one attached hydrogen (secondary N) is 1. The molecule has 33 heavy (non-hydrogen) atoms. The van der Waals surface area contributed by atoms with Gasteiger partial charge in [0.25, 0.3) is 5.91 Å². The van der Waals surface area contributed by atoms with Crippen LogP contribution in [0, 0.1) is 11.3 Å². The average Bonchev–Trinajstić information content (AvgIpc) is 3.02. The number of benzene rings is 1. The predicted molar refractivity (Wildman–Crippen MR) is 124 cm³/mol. The molecule has 1 unspecified atom stereocenters. The third-order valence-corrected chi connectivity index (χ3v) is 8.30. The van der Waals surface area contributed by atoms with Crippen molar-refractivity contribution in [2.75, 3.05) is 27.4 Å². The molecule has 8 nitrogen and oxygen atoms in total. The van der Waals surface area contributed by atoms with Crippen LogP contribution in [0.25, 0.3) is 0 Å². The largest absolute Gasteiger partial charge is 0.496 e. The van der Waals surface area contributed by atoms with Crippen LogP contribution in [0.3, 0.4) is 0 Å². The van der Waals surface area contributed by atoms with Gasteiger partial charge in [0.05, 0.1) is 27.0 Å². The summed E-state index contributed by atoms with van der Waals surface area (Å²) in [5.41, 5.74) is 0.980. The standard InChI is InChI=1S/C25H37N3O5/c1-6-24(2,3)16-9-11-25(12-10-16)22(30)28(23(31)26-25)15-27-13-17-19(32-4)7-8-20(33-5)21(17)18(29)14-27/h7-8,16,18,29H,6,9-15H2,1-5H3,(H,26,31). The molecule has 1 aromatic rings. The van der Waals surface area contributed by atoms with E-state index in [0.29, 0.717) is 48.9 Å². The van der Waals surface area contributed by atoms with E-state index in [1.54, 1.807) is 20.3 Å². The van der Waals surface area contributed by atoms with Crippen LogP contribution in [0.4, 0.5) is 4.79 Å². The molecule has 182 valence electrons. The molecule has 1 aliphatic carbocycles. The minimum absolute atomic E-state index is 0.132. The molecule has 0 aromatic heterocycles. The zero-order valence-electron chi connectivity index (χ0n) is 20.4. The van der Waals surface area contributed by atoms with Crippen molar-refractivity contribution in [1.29, 1.82) is 0 Å². The van der Waals surface area contributed by atoms with Gasteiger partial charge >= 0.3 is 6.03 Å². The Hall–Kier alpha value is -2.32. The van der Waals surface area contributed by atoms with Gasteiger partial charge in [0, 0.05) is 24.2 Å². The van der Waals surface area contributed by atoms with E-state index < -0.39 is 11.6 Å². The number of fused-ring (bicyclic) bond motifs is 1. The van der Waals surface area contributed by atoms with Crippen molar-refractivity contribution in [1.82, 2.24) is 15.1 Å². The molecule has 1 atom stereocenters. The average molecular weight is 460 g/mol. The Bertz CT molecular complexity index is 923. The molecule has 2 aliphatic heterocycles. The molecular formula is C25H37N3O5. The molecule has 4 rings (SSSR count). The molecule has 8 heteroatoms. The van der Waals surface area contributed by atoms with E-state index in [2.05, 4.69) is 26.1 Å². The van der Waals surface area contributed by atoms with Gasteiger partial charge in [-0.1, -0.05) is 27.2 Å². The van der Waals surface area contributed by atoms with Gasteiger partial charge in [-0.2, -0.15) is 0 Å². The minimum Gasteiger partial charge on any atom is -0.496 e. The van der Waals surface area contributed by atoms with Crippen molar-refractivity contribution in [2.24, 2.45) is 11.3 Å². The number of aliphatic hydroxyl groups is 1. The van der Waals surface area contributed by atoms with Crippen LogP contribution < -0.4 is 14.8 Å². The maximum Gasteiger partial charge on any atom is 0.326 e. The van der Waals surface area contributed by atoms with Crippen molar-refractivity contribution >= 4 is 11.9 Å². The highest BCUT2D eigenvalue weighted by molar-refractivity contribution is 6.07. The molecule has 3 aliphatic rings. The Morgan fingerprint density at radius 1 is 1.15 bits per heavy atom. The molecule has 2 fully saturated rings. The predicted octanol–water partition coefficient (Wildman–Crippen LogP) is 3.43. The number of nitrogens with zero attached hydrogens (tertiary/aromatic N) is 2. The van der Waals surface area contributed by atoms with Crippen molar-refractivity contribution in [3.8, 4) is 11.5 Å². The Labute approximate surface area is 196 Å². The first-order chi connectivity index (χ1) is 15.7. The monoisotopic (exact) mass is 459 g/mol. The van der Waals surface area contributed by atoms with Gasteiger partial charge in [0.2, 0.25) is 0 Å². The molecule has 1 spiro atoms. The van der Waals surface area contributed by atoms with Gasteiger partial charge in [0.1, 0.15) is 17.0 Å². The summed E-state index contributed by atoms with van der Waals surface area (Å²) in [5.74, 6) is 1.68. The van der Waals surface area contributed by atoms with Crippen LogP contribution in [-0.4, -0.2) is 59.8 Å². The van der Waals surface area contributed by atoms with Gasteiger partial charge in [-0.15, -0.1) is 0 Å². The highest BCUT2D eigenvalue weighted by Gasteiger charge is 2.53. The van der Waals surface area contributed by atoms with Crippen LogP contribution in [-0.2, 0) is 11.3 Å². The zero-order chi connectivity index (χ0) is 24.0. The van der Waals surface area contributed by atoms with Gasteiger partial charge in [-0.05, 0) is 49.1 Å². The number of carbonyl (C=O) groups excluding carboxylic acids is 2. The number of aliphatic hydroxyl groups excluding tert-OH is 1. The van der Waals surface area contributed by atoms with Crippen LogP contribution >= 0.6 is 0 Å². The van der Waals surface area contributed by atoms with Crippen molar-refractivity contribution in [3.63, 3.8) is 0 Å². The fourth-order valence-corrected chi connectivity index (χ4v) is 5.78. The maximum absolute atomic E-state index is 13.5. The molecule has 1 saturated heterocycles. The third-order valence-electron chi connectivity index (χ3n) is 8.30. The second-order valence-electron chi connectivity index (χ2n) is 10.4. The number of rotatable bonds is 6. The molecule has 0 radical (unpaired) electrons. The number of ether oxygens (including phenoxy) is 2. The maximum atomic E-state index is 13.5. The molecule has 0 bridgehead atoms. The summed E-state index contributed by atoms with van der Waals surface area (Å²) in [6.45, 7) is 7.67. The van der Waals surface area contributed by atoms with Crippen molar-refractivity contribution in [3.05, 3.63) is 23.3 Å². The summed E-state index contributed by atoms with van der Waals surface area (Å²) >= 11 is 0. The second-order valence-corrected chi connectivity index (χ2v) is 10.4. The number of urea groups is 1. The first-order valence-corrected chi connectivity index (χ1v) is 11.9. The van der Waals surface area contributed by atoms with E-state index in [1.807, 2.05) is 11.0 Å². The summed E-state index contributed by atoms with van der Waals surface area (Å²) in [6.07, 6.45) is 3.53. The lowest BCUT2D eigenvalue weighted by atomic mass is 9.65. The van der Waals surface area contributed by atoms with E-state index >= 15 is 0 Å². The van der Waals surface area contributed by atoms with Crippen molar-refractivity contribution < 1.29 is 24.2 Å². The smallest absolute Gasteiger partial charge is 0.326 e. The Morgan fingerprint density at radius 3 is 2.39 bits per heavy atom. The van der Waals surface area contributed by atoms with Crippen LogP contribution in [0.1, 0.15) is 70.1 Å². The SMILES string of the molecule is CCC(C)(C)C1CCC2(CC1)NC(=O)N(CN1Cc3c(OC)ccc(OC)c3C(O)C1)C2=O. The number of amides is 3. The molecule has 1 saturated carbocycles. The van der Waals surface area contributed by atoms with Crippen molar-refractivity contribution in [2.45, 2.75) is 71.1 Å². The number of hydrogen-bond donors (Lipinski definition) is 2.